The van der Waals surface area contributed by atoms with Crippen molar-refractivity contribution in [3.05, 3.63) is 0 Å². The molecule has 2 heteroatoms. The van der Waals surface area contributed by atoms with Crippen LogP contribution in [-0.4, -0.2) is 24.3 Å². The number of nitrogens with one attached hydrogen (secondary N) is 1. The Hall–Kier alpha value is -0.0800. The molecule has 19 heavy (non-hydrogen) atoms. The standard InChI is InChI=1S/C17H31NO/c1-14(2)15(3)12-18-13-17(19-15)10-8-16(9-11-17)6-4-5-7-16/h14,18H,4-13H2,1-3H3. The molecule has 2 saturated carbocycles. The van der Waals surface area contributed by atoms with E-state index in [4.69, 9.17) is 4.74 Å². The summed E-state index contributed by atoms with van der Waals surface area (Å²) in [4.78, 5) is 0. The van der Waals surface area contributed by atoms with Crippen LogP contribution in [0.1, 0.15) is 72.1 Å². The van der Waals surface area contributed by atoms with Crippen LogP contribution in [0.15, 0.2) is 0 Å². The van der Waals surface area contributed by atoms with Gasteiger partial charge in [0.25, 0.3) is 0 Å². The minimum Gasteiger partial charge on any atom is -0.366 e. The molecule has 2 aliphatic carbocycles. The molecule has 0 aromatic rings. The first kappa shape index (κ1) is 13.9. The third-order valence-corrected chi connectivity index (χ3v) is 6.48. The Labute approximate surface area is 118 Å². The molecule has 2 spiro atoms. The van der Waals surface area contributed by atoms with Crippen LogP contribution in [0, 0.1) is 11.3 Å². The average molecular weight is 265 g/mol. The molecular formula is C17H31NO. The highest BCUT2D eigenvalue weighted by Gasteiger charge is 2.49. The van der Waals surface area contributed by atoms with Gasteiger partial charge in [0.15, 0.2) is 0 Å². The van der Waals surface area contributed by atoms with Crippen molar-refractivity contribution in [1.82, 2.24) is 5.32 Å². The maximum atomic E-state index is 6.70. The summed E-state index contributed by atoms with van der Waals surface area (Å²) in [5, 5.41) is 3.67. The molecule has 2 nitrogen and oxygen atoms in total. The summed E-state index contributed by atoms with van der Waals surface area (Å²) < 4.78 is 6.70. The normalized spacial score (nSPS) is 37.3. The summed E-state index contributed by atoms with van der Waals surface area (Å²) in [5.41, 5.74) is 0.879. The molecule has 110 valence electrons. The van der Waals surface area contributed by atoms with Crippen LogP contribution in [0.2, 0.25) is 0 Å². The smallest absolute Gasteiger partial charge is 0.0814 e. The summed E-state index contributed by atoms with van der Waals surface area (Å²) in [6, 6.07) is 0. The minimum absolute atomic E-state index is 0.0262. The van der Waals surface area contributed by atoms with Crippen LogP contribution in [0.25, 0.3) is 0 Å². The van der Waals surface area contributed by atoms with E-state index in [9.17, 15) is 0 Å². The zero-order valence-electron chi connectivity index (χ0n) is 13.1. The first-order valence-corrected chi connectivity index (χ1v) is 8.39. The fourth-order valence-corrected chi connectivity index (χ4v) is 4.57. The molecule has 1 aliphatic heterocycles. The van der Waals surface area contributed by atoms with E-state index in [1.807, 2.05) is 0 Å². The predicted octanol–water partition coefficient (Wildman–Crippen LogP) is 3.89. The highest BCUT2D eigenvalue weighted by molar-refractivity contribution is 5.02. The second-order valence-electron chi connectivity index (χ2n) is 8.06. The lowest BCUT2D eigenvalue weighted by atomic mass is 9.67. The first-order valence-electron chi connectivity index (χ1n) is 8.39. The Morgan fingerprint density at radius 2 is 1.53 bits per heavy atom. The van der Waals surface area contributed by atoms with Crippen molar-refractivity contribution in [2.75, 3.05) is 13.1 Å². The van der Waals surface area contributed by atoms with Crippen LogP contribution in [0.4, 0.5) is 0 Å². The average Bonchev–Trinajstić information content (AvgIpc) is 2.83. The van der Waals surface area contributed by atoms with Gasteiger partial charge in [0.2, 0.25) is 0 Å². The Kier molecular flexibility index (Phi) is 3.46. The van der Waals surface area contributed by atoms with E-state index < -0.39 is 0 Å². The minimum atomic E-state index is 0.0262. The Bertz CT molecular complexity index is 322. The summed E-state index contributed by atoms with van der Waals surface area (Å²) in [6.45, 7) is 8.97. The molecule has 3 aliphatic rings. The van der Waals surface area contributed by atoms with Crippen molar-refractivity contribution in [3.8, 4) is 0 Å². The number of hydrogen-bond donors (Lipinski definition) is 1. The predicted molar refractivity (Wildman–Crippen MR) is 79.3 cm³/mol. The lowest BCUT2D eigenvalue weighted by Gasteiger charge is -2.53. The highest BCUT2D eigenvalue weighted by atomic mass is 16.5. The third kappa shape index (κ3) is 2.47. The molecule has 1 heterocycles. The maximum Gasteiger partial charge on any atom is 0.0814 e. The Morgan fingerprint density at radius 3 is 2.11 bits per heavy atom. The van der Waals surface area contributed by atoms with Gasteiger partial charge in [-0.15, -0.1) is 0 Å². The van der Waals surface area contributed by atoms with E-state index in [0.717, 1.165) is 13.1 Å². The number of morpholine rings is 1. The van der Waals surface area contributed by atoms with Crippen molar-refractivity contribution in [3.63, 3.8) is 0 Å². The SMILES string of the molecule is CC(C)C1(C)CNCC2(CCC3(CCCC3)CC2)O1. The van der Waals surface area contributed by atoms with Crippen molar-refractivity contribution in [2.45, 2.75) is 83.3 Å². The van der Waals surface area contributed by atoms with Gasteiger partial charge >= 0.3 is 0 Å². The van der Waals surface area contributed by atoms with Crippen molar-refractivity contribution in [1.29, 1.82) is 0 Å². The molecule has 1 N–H and O–H groups in total. The summed E-state index contributed by atoms with van der Waals surface area (Å²) in [5.74, 6) is 0.583. The zero-order valence-corrected chi connectivity index (χ0v) is 13.1. The van der Waals surface area contributed by atoms with Crippen LogP contribution >= 0.6 is 0 Å². The van der Waals surface area contributed by atoms with Crippen LogP contribution in [0.3, 0.4) is 0 Å². The quantitative estimate of drug-likeness (QED) is 0.776. The number of hydrogen-bond acceptors (Lipinski definition) is 2. The van der Waals surface area contributed by atoms with Gasteiger partial charge in [0.05, 0.1) is 11.2 Å². The molecule has 1 saturated heterocycles. The van der Waals surface area contributed by atoms with Crippen molar-refractivity contribution >= 4 is 0 Å². The second kappa shape index (κ2) is 4.73. The van der Waals surface area contributed by atoms with E-state index in [-0.39, 0.29) is 11.2 Å². The molecule has 0 aromatic carbocycles. The molecule has 0 bridgehead atoms. The molecular weight excluding hydrogens is 234 g/mol. The van der Waals surface area contributed by atoms with E-state index in [2.05, 4.69) is 26.1 Å². The fraction of sp³-hybridized carbons (Fsp3) is 1.00. The van der Waals surface area contributed by atoms with Gasteiger partial charge in [-0.3, -0.25) is 0 Å². The maximum absolute atomic E-state index is 6.70. The molecule has 1 atom stereocenters. The number of rotatable bonds is 1. The van der Waals surface area contributed by atoms with Gasteiger partial charge < -0.3 is 10.1 Å². The zero-order chi connectivity index (χ0) is 13.6. The Morgan fingerprint density at radius 1 is 0.895 bits per heavy atom. The van der Waals surface area contributed by atoms with Crippen LogP contribution in [0.5, 0.6) is 0 Å². The molecule has 0 aromatic heterocycles. The van der Waals surface area contributed by atoms with Gasteiger partial charge in [0, 0.05) is 13.1 Å². The molecule has 3 rings (SSSR count). The summed E-state index contributed by atoms with van der Waals surface area (Å²) in [7, 11) is 0. The van der Waals surface area contributed by atoms with Gasteiger partial charge in [-0.05, 0) is 56.8 Å². The molecule has 0 amide bonds. The van der Waals surface area contributed by atoms with E-state index >= 15 is 0 Å². The van der Waals surface area contributed by atoms with E-state index in [0.29, 0.717) is 11.3 Å². The Balaban J connectivity index is 1.68. The van der Waals surface area contributed by atoms with Gasteiger partial charge in [-0.1, -0.05) is 26.7 Å². The molecule has 0 radical (unpaired) electrons. The largest absolute Gasteiger partial charge is 0.366 e. The van der Waals surface area contributed by atoms with Gasteiger partial charge in [-0.2, -0.15) is 0 Å². The van der Waals surface area contributed by atoms with E-state index in [1.54, 1.807) is 0 Å². The molecule has 1 unspecified atom stereocenters. The second-order valence-corrected chi connectivity index (χ2v) is 8.06. The van der Waals surface area contributed by atoms with Crippen LogP contribution in [-0.2, 0) is 4.74 Å². The monoisotopic (exact) mass is 265 g/mol. The van der Waals surface area contributed by atoms with Crippen molar-refractivity contribution < 1.29 is 4.74 Å². The van der Waals surface area contributed by atoms with Crippen LogP contribution < -0.4 is 5.32 Å². The summed E-state index contributed by atoms with van der Waals surface area (Å²) >= 11 is 0. The first-order chi connectivity index (χ1) is 8.98. The van der Waals surface area contributed by atoms with Crippen molar-refractivity contribution in [2.24, 2.45) is 11.3 Å². The lowest BCUT2D eigenvalue weighted by molar-refractivity contribution is -0.208. The van der Waals surface area contributed by atoms with Gasteiger partial charge in [0.1, 0.15) is 0 Å². The van der Waals surface area contributed by atoms with E-state index in [1.165, 1.54) is 51.4 Å². The fourth-order valence-electron chi connectivity index (χ4n) is 4.57. The highest BCUT2D eigenvalue weighted by Crippen LogP contribution is 2.53. The molecule has 3 fully saturated rings. The topological polar surface area (TPSA) is 21.3 Å². The summed E-state index contributed by atoms with van der Waals surface area (Å²) in [6.07, 6.45) is 11.3. The van der Waals surface area contributed by atoms with Gasteiger partial charge in [-0.25, -0.2) is 0 Å². The number of ether oxygens (including phenoxy) is 1. The lowest BCUT2D eigenvalue weighted by Crippen LogP contribution is -2.62. The third-order valence-electron chi connectivity index (χ3n) is 6.48.